The van der Waals surface area contributed by atoms with Crippen molar-refractivity contribution in [2.75, 3.05) is 25.6 Å². The maximum atomic E-state index is 5.84. The summed E-state index contributed by atoms with van der Waals surface area (Å²) in [6.45, 7) is 1.18. The molecule has 0 fully saturated rings. The van der Waals surface area contributed by atoms with E-state index >= 15 is 0 Å². The molecule has 138 valence electrons. The van der Waals surface area contributed by atoms with E-state index in [0.717, 1.165) is 12.2 Å². The molecule has 4 heteroatoms. The molecule has 0 saturated carbocycles. The maximum Gasteiger partial charge on any atom is 0.119 e. The van der Waals surface area contributed by atoms with Crippen molar-refractivity contribution in [1.29, 1.82) is 0 Å². The minimum absolute atomic E-state index is 0.300. The van der Waals surface area contributed by atoms with Crippen LogP contribution in [0.2, 0.25) is 0 Å². The molecule has 2 N–H and O–H groups in total. The van der Waals surface area contributed by atoms with Gasteiger partial charge in [-0.1, -0.05) is 30.4 Å². The van der Waals surface area contributed by atoms with Crippen molar-refractivity contribution in [2.45, 2.75) is 18.4 Å². The van der Waals surface area contributed by atoms with Gasteiger partial charge in [0.25, 0.3) is 0 Å². The highest BCUT2D eigenvalue weighted by molar-refractivity contribution is 5.84. The van der Waals surface area contributed by atoms with Gasteiger partial charge in [0.1, 0.15) is 12.4 Å². The predicted molar refractivity (Wildman–Crippen MR) is 108 cm³/mol. The van der Waals surface area contributed by atoms with Crippen LogP contribution in [0.5, 0.6) is 5.75 Å². The Labute approximate surface area is 159 Å². The molecule has 1 aromatic heterocycles. The first-order valence-electron chi connectivity index (χ1n) is 9.60. The average Bonchev–Trinajstić information content (AvgIpc) is 3.35. The Morgan fingerprint density at radius 3 is 2.93 bits per heavy atom. The average molecular weight is 360 g/mol. The van der Waals surface area contributed by atoms with E-state index in [-0.39, 0.29) is 0 Å². The van der Waals surface area contributed by atoms with Crippen LogP contribution in [-0.2, 0) is 4.74 Å². The van der Waals surface area contributed by atoms with E-state index in [1.807, 2.05) is 6.07 Å². The minimum atomic E-state index is 0.300. The number of H-pyrrole nitrogens is 1. The summed E-state index contributed by atoms with van der Waals surface area (Å²) in [5, 5.41) is 5.13. The number of allylic oxidation sites excluding steroid dienone is 2. The highest BCUT2D eigenvalue weighted by Crippen LogP contribution is 2.51. The van der Waals surface area contributed by atoms with E-state index in [4.69, 9.17) is 9.47 Å². The number of nitrogens with one attached hydrogen (secondary N) is 2. The van der Waals surface area contributed by atoms with Crippen LogP contribution in [0, 0.1) is 5.92 Å². The number of aromatic nitrogens is 1. The summed E-state index contributed by atoms with van der Waals surface area (Å²) in [7, 11) is 1.69. The second-order valence-corrected chi connectivity index (χ2v) is 7.36. The van der Waals surface area contributed by atoms with E-state index in [2.05, 4.69) is 65.0 Å². The fraction of sp³-hybridized carbons (Fsp3) is 0.304. The molecule has 2 heterocycles. The molecule has 0 spiro atoms. The summed E-state index contributed by atoms with van der Waals surface area (Å²) in [5.74, 6) is 1.86. The molecule has 2 aliphatic rings. The van der Waals surface area contributed by atoms with Gasteiger partial charge in [0.2, 0.25) is 0 Å². The van der Waals surface area contributed by atoms with Crippen LogP contribution in [0.4, 0.5) is 5.69 Å². The maximum absolute atomic E-state index is 5.84. The monoisotopic (exact) mass is 360 g/mol. The molecule has 0 radical (unpaired) electrons. The molecular formula is C23H24N2O2. The second-order valence-electron chi connectivity index (χ2n) is 7.36. The van der Waals surface area contributed by atoms with Crippen LogP contribution in [0.1, 0.15) is 29.5 Å². The Morgan fingerprint density at radius 2 is 2.00 bits per heavy atom. The lowest BCUT2D eigenvalue weighted by Gasteiger charge is -2.37. The van der Waals surface area contributed by atoms with E-state index in [1.165, 1.54) is 27.7 Å². The number of benzene rings is 2. The Hall–Kier alpha value is -2.72. The lowest BCUT2D eigenvalue weighted by molar-refractivity contribution is 0.146. The molecular weight excluding hydrogens is 336 g/mol. The molecule has 2 aromatic carbocycles. The van der Waals surface area contributed by atoms with Crippen molar-refractivity contribution >= 4 is 16.6 Å². The van der Waals surface area contributed by atoms with Gasteiger partial charge in [-0.3, -0.25) is 0 Å². The summed E-state index contributed by atoms with van der Waals surface area (Å²) < 4.78 is 10.9. The third kappa shape index (κ3) is 2.81. The van der Waals surface area contributed by atoms with E-state index < -0.39 is 0 Å². The van der Waals surface area contributed by atoms with Crippen molar-refractivity contribution in [3.63, 3.8) is 0 Å². The fourth-order valence-electron chi connectivity index (χ4n) is 4.56. The van der Waals surface area contributed by atoms with Crippen LogP contribution in [0.15, 0.2) is 60.8 Å². The zero-order chi connectivity index (χ0) is 18.2. The molecule has 4 nitrogen and oxygen atoms in total. The molecule has 0 saturated heterocycles. The quantitative estimate of drug-likeness (QED) is 0.496. The predicted octanol–water partition coefficient (Wildman–Crippen LogP) is 5.02. The lowest BCUT2D eigenvalue weighted by Crippen LogP contribution is -2.29. The summed E-state index contributed by atoms with van der Waals surface area (Å²) >= 11 is 0. The number of methoxy groups -OCH3 is 1. The Balaban J connectivity index is 1.50. The van der Waals surface area contributed by atoms with Crippen LogP contribution in [0.25, 0.3) is 10.9 Å². The normalized spacial score (nSPS) is 23.1. The zero-order valence-electron chi connectivity index (χ0n) is 15.4. The number of hydrogen-bond acceptors (Lipinski definition) is 3. The topological polar surface area (TPSA) is 46.3 Å². The standard InChI is InChI=1S/C23H24N2O2/c1-26-11-12-27-15-9-10-22-19(13-15)16-6-4-7-18(16)23(25-22)20-14-24-21-8-3-2-5-17(20)21/h2-6,8-10,13-14,16,18,23-25H,7,11-12H2,1H3. The number of ether oxygens (including phenoxy) is 2. The third-order valence-electron chi connectivity index (χ3n) is 5.85. The molecule has 0 amide bonds. The SMILES string of the molecule is COCCOc1ccc2c(c1)C1C=CCC1C(c1c[nH]c3ccccc13)N2. The van der Waals surface area contributed by atoms with Gasteiger partial charge < -0.3 is 19.8 Å². The zero-order valence-corrected chi connectivity index (χ0v) is 15.4. The first-order valence-corrected chi connectivity index (χ1v) is 9.60. The lowest BCUT2D eigenvalue weighted by atomic mass is 9.77. The summed E-state index contributed by atoms with van der Waals surface area (Å²) in [5.41, 5.74) is 5.09. The van der Waals surface area contributed by atoms with Gasteiger partial charge in [-0.25, -0.2) is 0 Å². The van der Waals surface area contributed by atoms with E-state index in [1.54, 1.807) is 7.11 Å². The molecule has 3 unspecified atom stereocenters. The number of aromatic amines is 1. The molecule has 1 aliphatic carbocycles. The van der Waals surface area contributed by atoms with Gasteiger partial charge in [-0.15, -0.1) is 0 Å². The summed E-state index contributed by atoms with van der Waals surface area (Å²) in [6, 6.07) is 15.2. The van der Waals surface area contributed by atoms with E-state index in [9.17, 15) is 0 Å². The van der Waals surface area contributed by atoms with Gasteiger partial charge in [-0.05, 0) is 47.7 Å². The van der Waals surface area contributed by atoms with Crippen molar-refractivity contribution in [3.8, 4) is 5.75 Å². The van der Waals surface area contributed by atoms with Crippen molar-refractivity contribution in [2.24, 2.45) is 5.92 Å². The minimum Gasteiger partial charge on any atom is -0.491 e. The molecule has 0 bridgehead atoms. The molecule has 1 aliphatic heterocycles. The summed E-state index contributed by atoms with van der Waals surface area (Å²) in [4.78, 5) is 3.43. The van der Waals surface area contributed by atoms with Gasteiger partial charge in [0.15, 0.2) is 0 Å². The van der Waals surface area contributed by atoms with Crippen molar-refractivity contribution in [1.82, 2.24) is 4.98 Å². The first-order chi connectivity index (χ1) is 13.3. The highest BCUT2D eigenvalue weighted by atomic mass is 16.5. The van der Waals surface area contributed by atoms with Crippen LogP contribution < -0.4 is 10.1 Å². The molecule has 3 aromatic rings. The fourth-order valence-corrected chi connectivity index (χ4v) is 4.56. The number of rotatable bonds is 5. The van der Waals surface area contributed by atoms with Crippen LogP contribution >= 0.6 is 0 Å². The largest absolute Gasteiger partial charge is 0.491 e. The van der Waals surface area contributed by atoms with Gasteiger partial charge in [0.05, 0.1) is 12.6 Å². The third-order valence-corrected chi connectivity index (χ3v) is 5.85. The van der Waals surface area contributed by atoms with Gasteiger partial charge in [0, 0.05) is 35.8 Å². The second kappa shape index (κ2) is 6.78. The smallest absolute Gasteiger partial charge is 0.119 e. The molecule has 5 rings (SSSR count). The number of para-hydroxylation sites is 1. The molecule has 3 atom stereocenters. The Bertz CT molecular complexity index is 991. The van der Waals surface area contributed by atoms with Crippen LogP contribution in [-0.4, -0.2) is 25.3 Å². The van der Waals surface area contributed by atoms with Gasteiger partial charge >= 0.3 is 0 Å². The molecule has 27 heavy (non-hydrogen) atoms. The van der Waals surface area contributed by atoms with E-state index in [0.29, 0.717) is 31.1 Å². The number of fused-ring (bicyclic) bond motifs is 4. The number of hydrogen-bond donors (Lipinski definition) is 2. The number of anilines is 1. The highest BCUT2D eigenvalue weighted by Gasteiger charge is 2.38. The van der Waals surface area contributed by atoms with Crippen molar-refractivity contribution in [3.05, 3.63) is 71.9 Å². The summed E-state index contributed by atoms with van der Waals surface area (Å²) in [6.07, 6.45) is 7.96. The Morgan fingerprint density at radius 1 is 1.07 bits per heavy atom. The van der Waals surface area contributed by atoms with Crippen LogP contribution in [0.3, 0.4) is 0 Å². The van der Waals surface area contributed by atoms with Gasteiger partial charge in [-0.2, -0.15) is 0 Å². The first kappa shape index (κ1) is 16.5. The Kier molecular flexibility index (Phi) is 4.13. The van der Waals surface area contributed by atoms with Crippen molar-refractivity contribution < 1.29 is 9.47 Å².